The smallest absolute Gasteiger partial charge is 0.404 e. The van der Waals surface area contributed by atoms with Crippen LogP contribution in [0.25, 0.3) is 0 Å². The van der Waals surface area contributed by atoms with Gasteiger partial charge in [-0.15, -0.1) is 0 Å². The van der Waals surface area contributed by atoms with Crippen LogP contribution in [0.5, 0.6) is 0 Å². The van der Waals surface area contributed by atoms with Crippen LogP contribution in [-0.4, -0.2) is 18.7 Å². The van der Waals surface area contributed by atoms with Gasteiger partial charge in [-0.05, 0) is 0 Å². The lowest BCUT2D eigenvalue weighted by Crippen LogP contribution is -2.57. The lowest BCUT2D eigenvalue weighted by Gasteiger charge is -2.15. The van der Waals surface area contributed by atoms with E-state index in [0.29, 0.717) is 12.4 Å². The minimum absolute atomic E-state index is 0.324. The predicted molar refractivity (Wildman–Crippen MR) is 38.3 cm³/mol. The van der Waals surface area contributed by atoms with Gasteiger partial charge in [-0.3, -0.25) is 0 Å². The Labute approximate surface area is 75.3 Å². The third-order valence-electron chi connectivity index (χ3n) is 1.77. The van der Waals surface area contributed by atoms with E-state index in [-0.39, 0.29) is 8.96 Å². The maximum absolute atomic E-state index is 12.1. The summed E-state index contributed by atoms with van der Waals surface area (Å²) >= 11 is 0. The van der Waals surface area contributed by atoms with Crippen molar-refractivity contribution in [3.8, 4) is 0 Å². The van der Waals surface area contributed by atoms with E-state index < -0.39 is 20.0 Å². The molecule has 0 aromatic carbocycles. The molecule has 0 unspecified atom stereocenters. The van der Waals surface area contributed by atoms with Gasteiger partial charge in [0.1, 0.15) is 0 Å². The zero-order chi connectivity index (χ0) is 11.1. The molecular weight excluding hydrogens is 212 g/mol. The predicted octanol–water partition coefficient (Wildman–Crippen LogP) is 1.47. The zero-order valence-electron chi connectivity index (χ0n) is 6.97. The van der Waals surface area contributed by atoms with E-state index in [2.05, 4.69) is 0 Å². The molecule has 0 saturated carbocycles. The zero-order valence-corrected chi connectivity index (χ0v) is 6.97. The standard InChI is InChI=1S/C4H5B2F6N2/c1-4-13(5(7,8)9)2-3-14(4)6(10,11)12/h2-3H,1H3/q-1. The Morgan fingerprint density at radius 3 is 1.86 bits per heavy atom. The molecule has 0 aliphatic rings. The Morgan fingerprint density at radius 1 is 1.14 bits per heavy atom. The molecule has 0 bridgehead atoms. The fraction of sp³-hybridized carbons (Fsp3) is 0.250. The number of hydrogen-bond donors (Lipinski definition) is 0. The molecule has 0 saturated heterocycles. The summed E-state index contributed by atoms with van der Waals surface area (Å²) in [4.78, 5) is 0. The molecule has 0 atom stereocenters. The van der Waals surface area contributed by atoms with Crippen molar-refractivity contribution in [1.82, 2.24) is 4.48 Å². The topological polar surface area (TPSA) is 8.81 Å². The van der Waals surface area contributed by atoms with Crippen LogP contribution in [0.15, 0.2) is 12.4 Å². The minimum atomic E-state index is -5.46. The molecule has 2 nitrogen and oxygen atoms in total. The summed E-state index contributed by atoms with van der Waals surface area (Å²) in [5, 5.41) is 0. The Morgan fingerprint density at radius 2 is 1.64 bits per heavy atom. The molecule has 0 N–H and O–H groups in total. The van der Waals surface area contributed by atoms with Crippen molar-refractivity contribution in [2.45, 2.75) is 6.92 Å². The van der Waals surface area contributed by atoms with Crippen molar-refractivity contribution in [1.29, 1.82) is 0 Å². The average Bonchev–Trinajstić information content (AvgIpc) is 2.26. The van der Waals surface area contributed by atoms with Gasteiger partial charge in [-0.1, -0.05) is 0 Å². The maximum atomic E-state index is 12.1. The SMILES string of the molecule is Cc1n([B-](F)(F)F)cc[n+]1[B-](F)(F)F. The Bertz CT molecular complexity index is 307. The molecule has 0 aliphatic heterocycles. The number of hydrogen-bond acceptors (Lipinski definition) is 0. The Kier molecular flexibility index (Phi) is 2.32. The van der Waals surface area contributed by atoms with E-state index in [1.807, 2.05) is 0 Å². The number of nitrogens with zero attached hydrogens (tertiary/aromatic N) is 2. The molecule has 0 aliphatic carbocycles. The van der Waals surface area contributed by atoms with E-state index in [1.165, 1.54) is 0 Å². The van der Waals surface area contributed by atoms with Crippen molar-refractivity contribution in [3.63, 3.8) is 0 Å². The largest absolute Gasteiger partial charge is 0.709 e. The number of imidazole rings is 1. The summed E-state index contributed by atoms with van der Waals surface area (Å²) in [5.74, 6) is -0.884. The van der Waals surface area contributed by atoms with Gasteiger partial charge in [0.15, 0.2) is 5.82 Å². The summed E-state index contributed by atoms with van der Waals surface area (Å²) in [7, 11) is -10.9. The van der Waals surface area contributed by atoms with E-state index in [4.69, 9.17) is 0 Å². The Hall–Kier alpha value is -1.08. The van der Waals surface area contributed by atoms with E-state index in [9.17, 15) is 25.9 Å². The van der Waals surface area contributed by atoms with Crippen molar-refractivity contribution in [3.05, 3.63) is 18.2 Å². The van der Waals surface area contributed by atoms with Gasteiger partial charge in [0.25, 0.3) is 0 Å². The van der Waals surface area contributed by atoms with Crippen molar-refractivity contribution >= 4 is 14.2 Å². The molecule has 1 rings (SSSR count). The first-order valence-corrected chi connectivity index (χ1v) is 3.62. The molecule has 0 fully saturated rings. The van der Waals surface area contributed by atoms with Crippen LogP contribution in [0.1, 0.15) is 5.82 Å². The molecule has 10 heteroatoms. The van der Waals surface area contributed by atoms with Crippen LogP contribution in [0.4, 0.5) is 25.9 Å². The van der Waals surface area contributed by atoms with E-state index in [1.54, 1.807) is 0 Å². The molecule has 1 heterocycles. The summed E-state index contributed by atoms with van der Waals surface area (Å²) in [6, 6.07) is 0. The van der Waals surface area contributed by atoms with Gasteiger partial charge in [0.2, 0.25) is 0 Å². The quantitative estimate of drug-likeness (QED) is 0.523. The summed E-state index contributed by atoms with van der Waals surface area (Å²) in [6.45, 7) is 0.768. The monoisotopic (exact) mass is 217 g/mol. The highest BCUT2D eigenvalue weighted by molar-refractivity contribution is 6.56. The number of aromatic nitrogens is 2. The highest BCUT2D eigenvalue weighted by Crippen LogP contribution is 2.15. The van der Waals surface area contributed by atoms with Crippen LogP contribution >= 0.6 is 0 Å². The van der Waals surface area contributed by atoms with Crippen LogP contribution in [-0.2, 0) is 0 Å². The molecular formula is C4H5B2F6N2-. The van der Waals surface area contributed by atoms with Crippen molar-refractivity contribution in [2.75, 3.05) is 0 Å². The van der Waals surface area contributed by atoms with Gasteiger partial charge in [-0.25, -0.2) is 0 Å². The van der Waals surface area contributed by atoms with Gasteiger partial charge in [0.05, 0.1) is 12.4 Å². The first kappa shape index (κ1) is 11.0. The second kappa shape index (κ2) is 2.96. The third kappa shape index (κ3) is 1.88. The van der Waals surface area contributed by atoms with Crippen LogP contribution < -0.4 is 4.48 Å². The summed E-state index contributed by atoms with van der Waals surface area (Å²) in [6.07, 6.45) is 0.731. The van der Waals surface area contributed by atoms with E-state index in [0.717, 1.165) is 6.92 Å². The highest BCUT2D eigenvalue weighted by atomic mass is 19.4. The minimum Gasteiger partial charge on any atom is -0.404 e. The second-order valence-electron chi connectivity index (χ2n) is 2.74. The number of rotatable bonds is 2. The maximum Gasteiger partial charge on any atom is 0.709 e. The first-order valence-electron chi connectivity index (χ1n) is 3.62. The summed E-state index contributed by atoms with van der Waals surface area (Å²) < 4.78 is 72.0. The molecule has 1 aromatic rings. The molecule has 1 aromatic heterocycles. The molecule has 0 amide bonds. The highest BCUT2D eigenvalue weighted by Gasteiger charge is 2.42. The fourth-order valence-electron chi connectivity index (χ4n) is 1.11. The van der Waals surface area contributed by atoms with Crippen LogP contribution in [0.2, 0.25) is 0 Å². The first-order chi connectivity index (χ1) is 6.14. The van der Waals surface area contributed by atoms with Crippen molar-refractivity contribution in [2.24, 2.45) is 0 Å². The fourth-order valence-corrected chi connectivity index (χ4v) is 1.11. The third-order valence-corrected chi connectivity index (χ3v) is 1.77. The lowest BCUT2D eigenvalue weighted by atomic mass is 10.1. The van der Waals surface area contributed by atoms with Gasteiger partial charge < -0.3 is 34.9 Å². The second-order valence-corrected chi connectivity index (χ2v) is 2.74. The summed E-state index contributed by atoms with van der Waals surface area (Å²) in [5.41, 5.74) is 0. The molecule has 14 heavy (non-hydrogen) atoms. The van der Waals surface area contributed by atoms with Crippen LogP contribution in [0, 0.1) is 6.92 Å². The molecule has 80 valence electrons. The Balaban J connectivity index is 3.23. The number of halogens is 6. The lowest BCUT2D eigenvalue weighted by molar-refractivity contribution is -0.581. The molecule has 0 spiro atoms. The average molecular weight is 217 g/mol. The van der Waals surface area contributed by atoms with Gasteiger partial charge >= 0.3 is 14.2 Å². The normalized spacial score (nSPS) is 13.4. The van der Waals surface area contributed by atoms with Gasteiger partial charge in [0, 0.05) is 6.92 Å². The molecule has 0 radical (unpaired) electrons. The van der Waals surface area contributed by atoms with Crippen molar-refractivity contribution < 1.29 is 30.4 Å². The van der Waals surface area contributed by atoms with Crippen LogP contribution in [0.3, 0.4) is 0 Å². The van der Waals surface area contributed by atoms with Gasteiger partial charge in [-0.2, -0.15) is 0 Å². The van der Waals surface area contributed by atoms with E-state index >= 15 is 0 Å².